The van der Waals surface area contributed by atoms with Crippen LogP contribution in [0.5, 0.6) is 0 Å². The molecule has 1 aromatic rings. The van der Waals surface area contributed by atoms with Crippen LogP contribution in [0.4, 0.5) is 0 Å². The van der Waals surface area contributed by atoms with Crippen LogP contribution in [-0.4, -0.2) is 13.1 Å². The summed E-state index contributed by atoms with van der Waals surface area (Å²) in [6, 6.07) is 6.87. The van der Waals surface area contributed by atoms with Gasteiger partial charge in [0.2, 0.25) is 0 Å². The number of carbonyl (C=O) groups is 1. The van der Waals surface area contributed by atoms with Crippen LogP contribution in [0, 0.1) is 0 Å². The van der Waals surface area contributed by atoms with Crippen LogP contribution in [0.25, 0.3) is 5.57 Å². The predicted molar refractivity (Wildman–Crippen MR) is 60.6 cm³/mol. The predicted octanol–water partition coefficient (Wildman–Crippen LogP) is 2.77. The van der Waals surface area contributed by atoms with Crippen molar-refractivity contribution in [3.63, 3.8) is 0 Å². The molecule has 0 radical (unpaired) electrons. The fraction of sp³-hybridized carbons (Fsp3) is 0.0833. The second kappa shape index (κ2) is 4.02. The smallest absolute Gasteiger partial charge is 0.348 e. The number of cyclic esters (lactones) is 1. The Morgan fingerprint density at radius 3 is 2.50 bits per heavy atom. The van der Waals surface area contributed by atoms with E-state index in [-0.39, 0.29) is 5.76 Å². The number of carbonyl (C=O) groups excluding carboxylic acids is 1. The molecule has 0 amide bonds. The van der Waals surface area contributed by atoms with Gasteiger partial charge in [-0.05, 0) is 17.7 Å². The van der Waals surface area contributed by atoms with Gasteiger partial charge in [0.05, 0.1) is 7.11 Å². The molecule has 0 saturated carbocycles. The molecular weight excluding hydrogens is 228 g/mol. The van der Waals surface area contributed by atoms with Gasteiger partial charge < -0.3 is 9.47 Å². The Bertz CT molecular complexity index is 485. The summed E-state index contributed by atoms with van der Waals surface area (Å²) in [6.07, 6.45) is 0. The van der Waals surface area contributed by atoms with E-state index in [2.05, 4.69) is 6.58 Å². The summed E-state index contributed by atoms with van der Waals surface area (Å²) >= 11 is 5.77. The Balaban J connectivity index is 2.53. The van der Waals surface area contributed by atoms with Crippen molar-refractivity contribution in [1.82, 2.24) is 0 Å². The van der Waals surface area contributed by atoms with E-state index in [1.807, 2.05) is 0 Å². The van der Waals surface area contributed by atoms with Crippen molar-refractivity contribution < 1.29 is 14.3 Å². The minimum absolute atomic E-state index is 0.234. The summed E-state index contributed by atoms with van der Waals surface area (Å²) < 4.78 is 9.99. The van der Waals surface area contributed by atoms with E-state index in [0.717, 1.165) is 0 Å². The molecule has 0 spiro atoms. The van der Waals surface area contributed by atoms with Crippen molar-refractivity contribution in [3.8, 4) is 0 Å². The first kappa shape index (κ1) is 10.8. The largest absolute Gasteiger partial charge is 0.492 e. The van der Waals surface area contributed by atoms with Gasteiger partial charge in [-0.3, -0.25) is 0 Å². The zero-order valence-electron chi connectivity index (χ0n) is 8.62. The standard InChI is InChI=1S/C12H9ClO3/c1-7-11(15-2)10(12(14)16-7)8-3-5-9(13)6-4-8/h3-6H,1H2,2H3. The maximum atomic E-state index is 11.6. The normalized spacial score (nSPS) is 15.4. The monoisotopic (exact) mass is 236 g/mol. The van der Waals surface area contributed by atoms with Gasteiger partial charge in [-0.1, -0.05) is 30.3 Å². The van der Waals surface area contributed by atoms with Crippen molar-refractivity contribution >= 4 is 23.1 Å². The highest BCUT2D eigenvalue weighted by Crippen LogP contribution is 2.32. The van der Waals surface area contributed by atoms with Gasteiger partial charge in [-0.15, -0.1) is 0 Å². The molecule has 0 bridgehead atoms. The highest BCUT2D eigenvalue weighted by molar-refractivity contribution is 6.30. The summed E-state index contributed by atoms with van der Waals surface area (Å²) in [7, 11) is 1.47. The molecule has 2 rings (SSSR count). The van der Waals surface area contributed by atoms with Crippen LogP contribution in [0.2, 0.25) is 5.02 Å². The third kappa shape index (κ3) is 1.70. The number of ether oxygens (including phenoxy) is 2. The van der Waals surface area contributed by atoms with E-state index in [1.54, 1.807) is 24.3 Å². The van der Waals surface area contributed by atoms with Gasteiger partial charge in [-0.25, -0.2) is 4.79 Å². The number of methoxy groups -OCH3 is 1. The molecule has 0 atom stereocenters. The van der Waals surface area contributed by atoms with Crippen LogP contribution in [0.15, 0.2) is 42.4 Å². The summed E-state index contributed by atoms with van der Waals surface area (Å²) in [5.41, 5.74) is 1.08. The van der Waals surface area contributed by atoms with Crippen molar-refractivity contribution in [2.45, 2.75) is 0 Å². The molecule has 1 heterocycles. The molecule has 0 N–H and O–H groups in total. The average molecular weight is 237 g/mol. The van der Waals surface area contributed by atoms with E-state index >= 15 is 0 Å². The first-order valence-electron chi connectivity index (χ1n) is 4.59. The Hall–Kier alpha value is -1.74. The lowest BCUT2D eigenvalue weighted by Crippen LogP contribution is -1.98. The molecule has 4 heteroatoms. The zero-order valence-corrected chi connectivity index (χ0v) is 9.38. The number of rotatable bonds is 2. The summed E-state index contributed by atoms with van der Waals surface area (Å²) in [5, 5.41) is 0.605. The van der Waals surface area contributed by atoms with Crippen LogP contribution < -0.4 is 0 Å². The second-order valence-corrected chi connectivity index (χ2v) is 3.66. The molecule has 0 aromatic heterocycles. The van der Waals surface area contributed by atoms with Crippen LogP contribution in [0.1, 0.15) is 5.56 Å². The number of benzene rings is 1. The summed E-state index contributed by atoms with van der Waals surface area (Å²) in [4.78, 5) is 11.6. The molecule has 0 unspecified atom stereocenters. The van der Waals surface area contributed by atoms with E-state index in [9.17, 15) is 4.79 Å². The molecule has 0 aliphatic carbocycles. The molecule has 1 aliphatic heterocycles. The Morgan fingerprint density at radius 1 is 1.31 bits per heavy atom. The lowest BCUT2D eigenvalue weighted by atomic mass is 10.1. The molecule has 0 saturated heterocycles. The zero-order chi connectivity index (χ0) is 11.7. The van der Waals surface area contributed by atoms with Gasteiger partial charge in [0.15, 0.2) is 11.5 Å². The highest BCUT2D eigenvalue weighted by Gasteiger charge is 2.30. The number of esters is 1. The molecule has 3 nitrogen and oxygen atoms in total. The first-order valence-corrected chi connectivity index (χ1v) is 4.97. The molecule has 0 fully saturated rings. The maximum absolute atomic E-state index is 11.6. The van der Waals surface area contributed by atoms with Gasteiger partial charge in [0, 0.05) is 5.02 Å². The number of hydrogen-bond donors (Lipinski definition) is 0. The number of hydrogen-bond acceptors (Lipinski definition) is 3. The fourth-order valence-corrected chi connectivity index (χ4v) is 1.65. The minimum Gasteiger partial charge on any atom is -0.492 e. The van der Waals surface area contributed by atoms with Crippen molar-refractivity contribution in [3.05, 3.63) is 52.9 Å². The Morgan fingerprint density at radius 2 is 1.94 bits per heavy atom. The lowest BCUT2D eigenvalue weighted by Gasteiger charge is -2.02. The summed E-state index contributed by atoms with van der Waals surface area (Å²) in [6.45, 7) is 3.60. The van der Waals surface area contributed by atoms with Crippen molar-refractivity contribution in [1.29, 1.82) is 0 Å². The van der Waals surface area contributed by atoms with E-state index in [1.165, 1.54) is 7.11 Å². The van der Waals surface area contributed by atoms with Crippen molar-refractivity contribution in [2.24, 2.45) is 0 Å². The fourth-order valence-electron chi connectivity index (χ4n) is 1.52. The van der Waals surface area contributed by atoms with Gasteiger partial charge in [0.25, 0.3) is 0 Å². The summed E-state index contributed by atoms with van der Waals surface area (Å²) in [5.74, 6) is 0.147. The molecule has 16 heavy (non-hydrogen) atoms. The van der Waals surface area contributed by atoms with Crippen LogP contribution in [-0.2, 0) is 14.3 Å². The second-order valence-electron chi connectivity index (χ2n) is 3.23. The van der Waals surface area contributed by atoms with Gasteiger partial charge in [0.1, 0.15) is 5.57 Å². The van der Waals surface area contributed by atoms with E-state index < -0.39 is 5.97 Å². The third-order valence-electron chi connectivity index (χ3n) is 2.24. The Labute approximate surface area is 97.9 Å². The first-order chi connectivity index (χ1) is 7.63. The number of halogens is 1. The third-order valence-corrected chi connectivity index (χ3v) is 2.49. The van der Waals surface area contributed by atoms with Crippen molar-refractivity contribution in [2.75, 3.05) is 7.11 Å². The quantitative estimate of drug-likeness (QED) is 0.741. The highest BCUT2D eigenvalue weighted by atomic mass is 35.5. The molecule has 1 aliphatic rings. The topological polar surface area (TPSA) is 35.5 Å². The van der Waals surface area contributed by atoms with Gasteiger partial charge in [-0.2, -0.15) is 0 Å². The Kier molecular flexibility index (Phi) is 2.71. The molecule has 1 aromatic carbocycles. The molecule has 82 valence electrons. The minimum atomic E-state index is -0.454. The molecular formula is C12H9ClO3. The average Bonchev–Trinajstić information content (AvgIpc) is 2.54. The van der Waals surface area contributed by atoms with Crippen LogP contribution in [0.3, 0.4) is 0 Å². The van der Waals surface area contributed by atoms with Crippen LogP contribution >= 0.6 is 11.6 Å². The maximum Gasteiger partial charge on any atom is 0.348 e. The lowest BCUT2D eigenvalue weighted by molar-refractivity contribution is -0.131. The van der Waals surface area contributed by atoms with E-state index in [0.29, 0.717) is 21.9 Å². The van der Waals surface area contributed by atoms with E-state index in [4.69, 9.17) is 21.1 Å². The SMILES string of the molecule is C=C1OC(=O)C(c2ccc(Cl)cc2)=C1OC. The van der Waals surface area contributed by atoms with Gasteiger partial charge >= 0.3 is 5.97 Å².